The van der Waals surface area contributed by atoms with Crippen molar-refractivity contribution < 1.29 is 33.4 Å². The molecular formula is C40H40N2O7. The van der Waals surface area contributed by atoms with Crippen LogP contribution in [0.2, 0.25) is 0 Å². The largest absolute Gasteiger partial charge is 0.493 e. The first-order chi connectivity index (χ1) is 23.9. The summed E-state index contributed by atoms with van der Waals surface area (Å²) in [5, 5.41) is 2.32. The van der Waals surface area contributed by atoms with E-state index in [2.05, 4.69) is 36.5 Å². The predicted molar refractivity (Wildman–Crippen MR) is 186 cm³/mol. The summed E-state index contributed by atoms with van der Waals surface area (Å²) in [6.07, 6.45) is 8.07. The van der Waals surface area contributed by atoms with E-state index in [9.17, 15) is 19.2 Å². The van der Waals surface area contributed by atoms with Crippen LogP contribution in [0.4, 0.5) is 0 Å². The summed E-state index contributed by atoms with van der Waals surface area (Å²) in [4.78, 5) is 50.1. The summed E-state index contributed by atoms with van der Waals surface area (Å²) in [5.41, 5.74) is 6.99. The van der Waals surface area contributed by atoms with Crippen LogP contribution in [-0.4, -0.2) is 60.9 Å². The van der Waals surface area contributed by atoms with E-state index in [1.807, 2.05) is 48.6 Å². The molecule has 3 aliphatic rings. The van der Waals surface area contributed by atoms with Crippen LogP contribution in [0.5, 0.6) is 11.5 Å². The second kappa shape index (κ2) is 15.7. The third-order valence-corrected chi connectivity index (χ3v) is 8.87. The minimum absolute atomic E-state index is 0.110. The van der Waals surface area contributed by atoms with Crippen LogP contribution >= 0.6 is 0 Å². The Kier molecular flexibility index (Phi) is 10.8. The number of carbonyl (C=O) groups is 4. The number of fused-ring (bicyclic) bond motifs is 1. The van der Waals surface area contributed by atoms with Gasteiger partial charge in [-0.2, -0.15) is 0 Å². The average molecular weight is 661 g/mol. The van der Waals surface area contributed by atoms with Crippen molar-refractivity contribution in [3.8, 4) is 11.5 Å². The number of allylic oxidation sites excluding steroid dienone is 6. The van der Waals surface area contributed by atoms with E-state index in [0.717, 1.165) is 40.0 Å². The van der Waals surface area contributed by atoms with E-state index in [-0.39, 0.29) is 24.0 Å². The maximum atomic E-state index is 12.9. The topological polar surface area (TPSA) is 111 Å². The van der Waals surface area contributed by atoms with Crippen molar-refractivity contribution in [2.75, 3.05) is 26.4 Å². The van der Waals surface area contributed by atoms with E-state index in [1.165, 1.54) is 10.5 Å². The number of imide groups is 1. The molecule has 0 radical (unpaired) electrons. The fraction of sp³-hybridized carbons (Fsp3) is 0.300. The molecule has 0 aromatic heterocycles. The second-order valence-electron chi connectivity index (χ2n) is 12.1. The number of hydrogen-bond acceptors (Lipinski definition) is 7. The van der Waals surface area contributed by atoms with Gasteiger partial charge < -0.3 is 19.1 Å². The fourth-order valence-electron chi connectivity index (χ4n) is 6.42. The normalized spacial score (nSPS) is 17.8. The second-order valence-corrected chi connectivity index (χ2v) is 12.1. The fourth-order valence-corrected chi connectivity index (χ4v) is 6.42. The molecule has 1 fully saturated rings. The highest BCUT2D eigenvalue weighted by molar-refractivity contribution is 6.05. The van der Waals surface area contributed by atoms with Gasteiger partial charge in [-0.15, -0.1) is 0 Å². The SMILES string of the molecule is CC/C(=C(\C1=CCC(=O)C=C1)c1ccc(OCCOCCCOc2ccc3c(c2)CN(C2CCC(=O)NC2=O)C3=O)cc1)c1ccccc1. The van der Waals surface area contributed by atoms with Crippen LogP contribution in [0, 0.1) is 0 Å². The molecule has 9 heteroatoms. The van der Waals surface area contributed by atoms with Crippen LogP contribution in [0.1, 0.15) is 66.1 Å². The Labute approximate surface area is 286 Å². The molecule has 49 heavy (non-hydrogen) atoms. The zero-order valence-electron chi connectivity index (χ0n) is 27.6. The molecule has 3 aromatic carbocycles. The molecule has 1 unspecified atom stereocenters. The number of amides is 3. The van der Waals surface area contributed by atoms with Crippen LogP contribution in [0.25, 0.3) is 11.1 Å². The molecule has 1 atom stereocenters. The van der Waals surface area contributed by atoms with Crippen molar-refractivity contribution >= 4 is 34.7 Å². The average Bonchev–Trinajstić information content (AvgIpc) is 3.44. The number of piperidine rings is 1. The monoisotopic (exact) mass is 660 g/mol. The molecule has 1 saturated heterocycles. The Bertz CT molecular complexity index is 1810. The number of hydrogen-bond donors (Lipinski definition) is 1. The van der Waals surface area contributed by atoms with E-state index in [1.54, 1.807) is 18.2 Å². The summed E-state index contributed by atoms with van der Waals surface area (Å²) < 4.78 is 17.6. The zero-order valence-corrected chi connectivity index (χ0v) is 27.6. The van der Waals surface area contributed by atoms with Crippen molar-refractivity contribution in [3.63, 3.8) is 0 Å². The van der Waals surface area contributed by atoms with E-state index in [4.69, 9.17) is 14.2 Å². The van der Waals surface area contributed by atoms with Gasteiger partial charge in [0.25, 0.3) is 5.91 Å². The Morgan fingerprint density at radius 1 is 0.837 bits per heavy atom. The molecule has 1 aliphatic carbocycles. The summed E-state index contributed by atoms with van der Waals surface area (Å²) in [6, 6.07) is 23.1. The lowest BCUT2D eigenvalue weighted by molar-refractivity contribution is -0.137. The summed E-state index contributed by atoms with van der Waals surface area (Å²) >= 11 is 0. The smallest absolute Gasteiger partial charge is 0.255 e. The lowest BCUT2D eigenvalue weighted by Gasteiger charge is -2.29. The number of rotatable bonds is 14. The van der Waals surface area contributed by atoms with Crippen LogP contribution in [-0.2, 0) is 25.7 Å². The van der Waals surface area contributed by atoms with Gasteiger partial charge in [0.05, 0.1) is 13.2 Å². The number of nitrogens with zero attached hydrogens (tertiary/aromatic N) is 1. The van der Waals surface area contributed by atoms with Gasteiger partial charge in [0.2, 0.25) is 11.8 Å². The molecule has 0 spiro atoms. The number of nitrogens with one attached hydrogen (secondary N) is 1. The number of ether oxygens (including phenoxy) is 3. The Balaban J connectivity index is 0.947. The van der Waals surface area contributed by atoms with Gasteiger partial charge in [-0.3, -0.25) is 24.5 Å². The molecule has 0 bridgehead atoms. The maximum Gasteiger partial charge on any atom is 0.255 e. The zero-order chi connectivity index (χ0) is 34.2. The van der Waals surface area contributed by atoms with Crippen molar-refractivity contribution in [2.45, 2.75) is 51.6 Å². The third-order valence-electron chi connectivity index (χ3n) is 8.87. The standard InChI is InChI=1S/C40H40N2O7/c1-2-34(27-7-4-3-5-8-27)38(28-9-13-31(43)14-10-28)29-11-15-32(16-12-29)49-24-23-47-21-6-22-48-33-17-18-35-30(25-33)26-42(40(35)46)36-19-20-37(44)41-39(36)45/h3-5,7-13,15-18,25,36H,2,6,14,19-24,26H2,1H3,(H,41,44,45)/b38-34-. The third kappa shape index (κ3) is 8.06. The van der Waals surface area contributed by atoms with Crippen molar-refractivity contribution in [2.24, 2.45) is 0 Å². The molecular weight excluding hydrogens is 620 g/mol. The molecule has 3 amide bonds. The maximum absolute atomic E-state index is 12.9. The molecule has 1 N–H and O–H groups in total. The van der Waals surface area contributed by atoms with Crippen LogP contribution in [0.15, 0.2) is 96.6 Å². The van der Waals surface area contributed by atoms with Crippen molar-refractivity contribution in [1.29, 1.82) is 0 Å². The quantitative estimate of drug-likeness (QED) is 0.127. The predicted octanol–water partition coefficient (Wildman–Crippen LogP) is 6.09. The van der Waals surface area contributed by atoms with Gasteiger partial charge >= 0.3 is 0 Å². The molecule has 2 heterocycles. The molecule has 252 valence electrons. The molecule has 9 nitrogen and oxygen atoms in total. The Morgan fingerprint density at radius 3 is 2.35 bits per heavy atom. The van der Waals surface area contributed by atoms with Crippen LogP contribution < -0.4 is 14.8 Å². The van der Waals surface area contributed by atoms with E-state index < -0.39 is 11.9 Å². The van der Waals surface area contributed by atoms with Gasteiger partial charge in [0, 0.05) is 38.0 Å². The highest BCUT2D eigenvalue weighted by atomic mass is 16.5. The minimum atomic E-state index is -0.637. The summed E-state index contributed by atoms with van der Waals surface area (Å²) in [5.74, 6) is 0.588. The molecule has 0 saturated carbocycles. The van der Waals surface area contributed by atoms with Gasteiger partial charge in [0.15, 0.2) is 5.78 Å². The summed E-state index contributed by atoms with van der Waals surface area (Å²) in [7, 11) is 0. The van der Waals surface area contributed by atoms with Crippen LogP contribution in [0.3, 0.4) is 0 Å². The number of ketones is 1. The highest BCUT2D eigenvalue weighted by Gasteiger charge is 2.39. The number of carbonyl (C=O) groups excluding carboxylic acids is 4. The highest BCUT2D eigenvalue weighted by Crippen LogP contribution is 2.37. The number of benzene rings is 3. The first kappa shape index (κ1) is 33.6. The lowest BCUT2D eigenvalue weighted by atomic mass is 9.86. The Morgan fingerprint density at radius 2 is 1.61 bits per heavy atom. The first-order valence-corrected chi connectivity index (χ1v) is 16.8. The van der Waals surface area contributed by atoms with E-state index in [0.29, 0.717) is 63.5 Å². The van der Waals surface area contributed by atoms with Gasteiger partial charge in [-0.25, -0.2) is 0 Å². The van der Waals surface area contributed by atoms with Crippen molar-refractivity contribution in [1.82, 2.24) is 10.2 Å². The van der Waals surface area contributed by atoms with Gasteiger partial charge in [-0.05, 0) is 82.7 Å². The summed E-state index contributed by atoms with van der Waals surface area (Å²) in [6.45, 7) is 4.26. The molecule has 6 rings (SSSR count). The van der Waals surface area contributed by atoms with Crippen molar-refractivity contribution in [3.05, 3.63) is 119 Å². The van der Waals surface area contributed by atoms with Gasteiger partial charge in [-0.1, -0.05) is 61.5 Å². The van der Waals surface area contributed by atoms with E-state index >= 15 is 0 Å². The van der Waals surface area contributed by atoms with Gasteiger partial charge in [0.1, 0.15) is 24.1 Å². The molecule has 2 aliphatic heterocycles. The Hall–Kier alpha value is -5.28. The molecule has 3 aromatic rings. The lowest BCUT2D eigenvalue weighted by Crippen LogP contribution is -2.52. The first-order valence-electron chi connectivity index (χ1n) is 16.8. The minimum Gasteiger partial charge on any atom is -0.493 e.